The van der Waals surface area contributed by atoms with Gasteiger partial charge in [0, 0.05) is 18.7 Å². The molecule has 2 N–H and O–H groups in total. The van der Waals surface area contributed by atoms with Crippen LogP contribution in [0.1, 0.15) is 23.6 Å². The number of rotatable bonds is 17. The van der Waals surface area contributed by atoms with Gasteiger partial charge in [-0.3, -0.25) is 0 Å². The molecule has 0 aliphatic rings. The molecule has 0 bridgehead atoms. The minimum atomic E-state index is -0.709. The highest BCUT2D eigenvalue weighted by Crippen LogP contribution is 2.33. The normalized spacial score (nSPS) is 12.2. The summed E-state index contributed by atoms with van der Waals surface area (Å²) in [5.74, 6) is 1.95. The van der Waals surface area contributed by atoms with Gasteiger partial charge in [-0.05, 0) is 54.3 Å². The van der Waals surface area contributed by atoms with Crippen LogP contribution in [0.3, 0.4) is 0 Å². The zero-order valence-electron chi connectivity index (χ0n) is 24.6. The van der Waals surface area contributed by atoms with E-state index in [1.807, 2.05) is 97.1 Å². The second-order valence-electron chi connectivity index (χ2n) is 10.1. The smallest absolute Gasteiger partial charge is 0.343 e. The molecule has 2 atom stereocenters. The van der Waals surface area contributed by atoms with Crippen LogP contribution in [-0.4, -0.2) is 50.1 Å². The van der Waals surface area contributed by atoms with Crippen LogP contribution in [0, 0.1) is 0 Å². The van der Waals surface area contributed by atoms with Gasteiger partial charge in [0.15, 0.2) is 18.1 Å². The van der Waals surface area contributed by atoms with Crippen LogP contribution in [0.25, 0.3) is 0 Å². The van der Waals surface area contributed by atoms with Gasteiger partial charge in [0.1, 0.15) is 37.4 Å². The van der Waals surface area contributed by atoms with E-state index in [1.165, 1.54) is 7.11 Å². The molecule has 0 aliphatic heterocycles. The molecule has 43 heavy (non-hydrogen) atoms. The molecular weight excluding hydrogens is 546 g/mol. The van der Waals surface area contributed by atoms with E-state index >= 15 is 0 Å². The molecule has 0 aliphatic carbocycles. The fourth-order valence-corrected chi connectivity index (χ4v) is 4.22. The number of aliphatic hydroxyl groups is 1. The summed E-state index contributed by atoms with van der Waals surface area (Å²) in [6, 6.07) is 33.0. The van der Waals surface area contributed by atoms with E-state index in [4.69, 9.17) is 18.9 Å². The topological polar surface area (TPSA) is 95.5 Å². The lowest BCUT2D eigenvalue weighted by atomic mass is 10.1. The lowest BCUT2D eigenvalue weighted by Gasteiger charge is -2.19. The summed E-state index contributed by atoms with van der Waals surface area (Å²) in [7, 11) is 1.33. The summed E-state index contributed by atoms with van der Waals surface area (Å²) in [6.07, 6.45) is 0.0523. The molecule has 4 aromatic rings. The van der Waals surface area contributed by atoms with Gasteiger partial charge in [-0.15, -0.1) is 0 Å². The molecule has 0 saturated heterocycles. The molecule has 0 heterocycles. The van der Waals surface area contributed by atoms with E-state index in [9.17, 15) is 9.90 Å². The molecule has 0 spiro atoms. The van der Waals surface area contributed by atoms with E-state index in [2.05, 4.69) is 17.0 Å². The summed E-state index contributed by atoms with van der Waals surface area (Å²) < 4.78 is 28.1. The van der Waals surface area contributed by atoms with E-state index in [0.29, 0.717) is 42.8 Å². The van der Waals surface area contributed by atoms with Crippen molar-refractivity contribution in [2.45, 2.75) is 38.7 Å². The predicted molar refractivity (Wildman–Crippen MR) is 165 cm³/mol. The fraction of sp³-hybridized carbons (Fsp3) is 0.286. The van der Waals surface area contributed by atoms with E-state index in [0.717, 1.165) is 23.1 Å². The van der Waals surface area contributed by atoms with Crippen molar-refractivity contribution in [1.29, 1.82) is 0 Å². The van der Waals surface area contributed by atoms with E-state index in [-0.39, 0.29) is 19.3 Å². The summed E-state index contributed by atoms with van der Waals surface area (Å²) in [5.41, 5.74) is 3.21. The van der Waals surface area contributed by atoms with Crippen LogP contribution in [0.4, 0.5) is 0 Å². The first kappa shape index (κ1) is 31.4. The zero-order valence-corrected chi connectivity index (χ0v) is 24.6. The maximum absolute atomic E-state index is 11.2. The Bertz CT molecular complexity index is 1380. The number of esters is 1. The molecule has 2 unspecified atom stereocenters. The van der Waals surface area contributed by atoms with Crippen LogP contribution in [0.5, 0.6) is 23.0 Å². The Morgan fingerprint density at radius 3 is 1.95 bits per heavy atom. The number of nitrogens with one attached hydrogen (secondary N) is 1. The Kier molecular flexibility index (Phi) is 12.3. The number of hydrogen-bond acceptors (Lipinski definition) is 8. The van der Waals surface area contributed by atoms with Crippen molar-refractivity contribution in [2.24, 2.45) is 0 Å². The molecule has 0 fully saturated rings. The number of benzene rings is 4. The number of ether oxygens (including phenoxy) is 5. The third-order valence-electron chi connectivity index (χ3n) is 6.58. The van der Waals surface area contributed by atoms with Gasteiger partial charge in [0.05, 0.1) is 7.11 Å². The molecule has 0 saturated carbocycles. The third kappa shape index (κ3) is 11.0. The molecule has 4 aromatic carbocycles. The maximum atomic E-state index is 11.2. The van der Waals surface area contributed by atoms with Gasteiger partial charge in [-0.25, -0.2) is 4.79 Å². The highest BCUT2D eigenvalue weighted by molar-refractivity contribution is 5.70. The third-order valence-corrected chi connectivity index (χ3v) is 6.58. The van der Waals surface area contributed by atoms with Gasteiger partial charge in [0.25, 0.3) is 0 Å². The molecular formula is C35H39NO7. The van der Waals surface area contributed by atoms with Gasteiger partial charge in [0.2, 0.25) is 0 Å². The highest BCUT2D eigenvalue weighted by Gasteiger charge is 2.13. The predicted octanol–water partition coefficient (Wildman–Crippen LogP) is 5.36. The van der Waals surface area contributed by atoms with Crippen molar-refractivity contribution >= 4 is 5.97 Å². The first-order valence-corrected chi connectivity index (χ1v) is 14.3. The van der Waals surface area contributed by atoms with Gasteiger partial charge < -0.3 is 34.1 Å². The first-order chi connectivity index (χ1) is 21.0. The van der Waals surface area contributed by atoms with Gasteiger partial charge in [-0.1, -0.05) is 72.8 Å². The Balaban J connectivity index is 1.26. The van der Waals surface area contributed by atoms with E-state index in [1.54, 1.807) is 6.07 Å². The summed E-state index contributed by atoms with van der Waals surface area (Å²) in [5, 5.41) is 13.9. The van der Waals surface area contributed by atoms with Crippen molar-refractivity contribution in [1.82, 2.24) is 5.32 Å². The summed E-state index contributed by atoms with van der Waals surface area (Å²) in [4.78, 5) is 11.2. The molecule has 0 aromatic heterocycles. The first-order valence-electron chi connectivity index (χ1n) is 14.3. The monoisotopic (exact) mass is 585 g/mol. The van der Waals surface area contributed by atoms with Crippen LogP contribution in [0.2, 0.25) is 0 Å². The Labute approximate surface area is 253 Å². The molecule has 0 amide bonds. The van der Waals surface area contributed by atoms with Crippen molar-refractivity contribution < 1.29 is 33.6 Å². The van der Waals surface area contributed by atoms with Gasteiger partial charge >= 0.3 is 5.97 Å². The summed E-state index contributed by atoms with van der Waals surface area (Å²) >= 11 is 0. The number of aliphatic hydroxyl groups excluding tert-OH is 1. The molecule has 4 rings (SSSR count). The average Bonchev–Trinajstić information content (AvgIpc) is 3.05. The van der Waals surface area contributed by atoms with Crippen molar-refractivity contribution in [3.63, 3.8) is 0 Å². The van der Waals surface area contributed by atoms with Crippen LogP contribution < -0.4 is 24.3 Å². The minimum Gasteiger partial charge on any atom is -0.491 e. The van der Waals surface area contributed by atoms with Crippen molar-refractivity contribution in [3.8, 4) is 23.0 Å². The number of carbonyl (C=O) groups is 1. The number of methoxy groups -OCH3 is 1. The summed E-state index contributed by atoms with van der Waals surface area (Å²) in [6.45, 7) is 3.23. The molecule has 226 valence electrons. The number of carbonyl (C=O) groups excluding carboxylic acids is 1. The van der Waals surface area contributed by atoms with Crippen LogP contribution >= 0.6 is 0 Å². The molecule has 8 heteroatoms. The fourth-order valence-electron chi connectivity index (χ4n) is 4.22. The average molecular weight is 586 g/mol. The second kappa shape index (κ2) is 16.8. The second-order valence-corrected chi connectivity index (χ2v) is 10.1. The largest absolute Gasteiger partial charge is 0.491 e. The quantitative estimate of drug-likeness (QED) is 0.160. The Morgan fingerprint density at radius 2 is 1.33 bits per heavy atom. The van der Waals surface area contributed by atoms with Crippen molar-refractivity contribution in [2.75, 3.05) is 26.9 Å². The minimum absolute atomic E-state index is 0.119. The maximum Gasteiger partial charge on any atom is 0.343 e. The SMILES string of the molecule is COC(=O)COc1ccc(CC(C)NCC(O)COc2ccc(OCc3ccccc3)c(OCc3ccccc3)c2)cc1. The Morgan fingerprint density at radius 1 is 0.721 bits per heavy atom. The lowest BCUT2D eigenvalue weighted by Crippen LogP contribution is -2.37. The van der Waals surface area contributed by atoms with E-state index < -0.39 is 12.1 Å². The van der Waals surface area contributed by atoms with Crippen molar-refractivity contribution in [3.05, 3.63) is 120 Å². The van der Waals surface area contributed by atoms with Crippen LogP contribution in [0.15, 0.2) is 103 Å². The highest BCUT2D eigenvalue weighted by atomic mass is 16.6. The standard InChI is InChI=1S/C35H39NO7/c1-26(19-27-13-15-31(16-14-27)41-25-35(38)39-2)36-21-30(37)24-40-32-17-18-33(42-22-28-9-5-3-6-10-28)34(20-32)43-23-29-11-7-4-8-12-29/h3-18,20,26,30,36-37H,19,21-25H2,1-2H3. The zero-order chi connectivity index (χ0) is 30.3. The molecule has 8 nitrogen and oxygen atoms in total. The number of hydrogen-bond donors (Lipinski definition) is 2. The van der Waals surface area contributed by atoms with Crippen LogP contribution in [-0.2, 0) is 29.2 Å². The van der Waals surface area contributed by atoms with Gasteiger partial charge in [-0.2, -0.15) is 0 Å². The Hall–Kier alpha value is -4.53. The lowest BCUT2D eigenvalue weighted by molar-refractivity contribution is -0.142. The molecule has 0 radical (unpaired) electrons.